The van der Waals surface area contributed by atoms with Gasteiger partial charge in [0.05, 0.1) is 18.2 Å². The third-order valence-corrected chi connectivity index (χ3v) is 2.48. The number of methoxy groups -OCH3 is 1. The molecule has 4 nitrogen and oxygen atoms in total. The fraction of sp³-hybridized carbons (Fsp3) is 0.0769. The first-order chi connectivity index (χ1) is 8.26. The van der Waals surface area contributed by atoms with E-state index in [9.17, 15) is 4.79 Å². The Labute approximate surface area is 98.5 Å². The molecule has 0 unspecified atom stereocenters. The predicted octanol–water partition coefficient (Wildman–Crippen LogP) is 2.34. The summed E-state index contributed by atoms with van der Waals surface area (Å²) in [7, 11) is 1.34. The topological polar surface area (TPSA) is 65.9 Å². The number of carbonyl (C=O) groups excluding carboxylic acids is 1. The number of nitrogens with zero attached hydrogens (tertiary/aromatic N) is 1. The van der Waals surface area contributed by atoms with Crippen LogP contribution < -0.4 is 0 Å². The number of benzene rings is 1. The summed E-state index contributed by atoms with van der Waals surface area (Å²) >= 11 is 0. The molecule has 1 aromatic heterocycles. The number of carbonyl (C=O) groups is 1. The maximum absolute atomic E-state index is 11.3. The Morgan fingerprint density at radius 2 is 2.00 bits per heavy atom. The molecule has 1 heterocycles. The molecule has 2 rings (SSSR count). The molecule has 0 bridgehead atoms. The minimum absolute atomic E-state index is 0.369. The van der Waals surface area contributed by atoms with E-state index in [0.29, 0.717) is 11.1 Å². The van der Waals surface area contributed by atoms with E-state index >= 15 is 0 Å². The Morgan fingerprint density at radius 1 is 1.29 bits per heavy atom. The lowest BCUT2D eigenvalue weighted by atomic mass is 10.0. The van der Waals surface area contributed by atoms with Crippen LogP contribution in [0.5, 0.6) is 0 Å². The number of esters is 1. The molecule has 1 N–H and O–H groups in total. The van der Waals surface area contributed by atoms with E-state index in [1.807, 2.05) is 0 Å². The molecule has 4 heteroatoms. The normalized spacial score (nSPS) is 9.65. The second-order valence-electron chi connectivity index (χ2n) is 3.46. The monoisotopic (exact) mass is 226 g/mol. The van der Waals surface area contributed by atoms with Gasteiger partial charge < -0.3 is 9.72 Å². The number of H-pyrrole nitrogens is 1. The summed E-state index contributed by atoms with van der Waals surface area (Å²) in [6.45, 7) is 0. The van der Waals surface area contributed by atoms with E-state index in [-0.39, 0.29) is 5.97 Å². The molecule has 0 saturated heterocycles. The van der Waals surface area contributed by atoms with Crippen LogP contribution in [0.2, 0.25) is 0 Å². The van der Waals surface area contributed by atoms with Gasteiger partial charge in [-0.25, -0.2) is 4.79 Å². The average Bonchev–Trinajstić information content (AvgIpc) is 2.86. The van der Waals surface area contributed by atoms with Crippen molar-refractivity contribution in [3.05, 3.63) is 47.8 Å². The molecule has 1 aromatic carbocycles. The Hall–Kier alpha value is -2.54. The molecule has 0 saturated carbocycles. The zero-order valence-corrected chi connectivity index (χ0v) is 9.23. The molecular weight excluding hydrogens is 216 g/mol. The van der Waals surface area contributed by atoms with Gasteiger partial charge in [0.25, 0.3) is 0 Å². The molecule has 84 valence electrons. The van der Waals surface area contributed by atoms with Gasteiger partial charge >= 0.3 is 5.97 Å². The van der Waals surface area contributed by atoms with E-state index in [0.717, 1.165) is 11.1 Å². The second-order valence-corrected chi connectivity index (χ2v) is 3.46. The van der Waals surface area contributed by atoms with Crippen molar-refractivity contribution in [3.8, 4) is 17.2 Å². The van der Waals surface area contributed by atoms with Crippen molar-refractivity contribution in [2.45, 2.75) is 0 Å². The van der Waals surface area contributed by atoms with Gasteiger partial charge in [0.1, 0.15) is 6.07 Å². The minimum Gasteiger partial charge on any atom is -0.465 e. The van der Waals surface area contributed by atoms with Crippen molar-refractivity contribution in [2.75, 3.05) is 7.11 Å². The van der Waals surface area contributed by atoms with Crippen molar-refractivity contribution in [3.63, 3.8) is 0 Å². The summed E-state index contributed by atoms with van der Waals surface area (Å²) in [6, 6.07) is 9.03. The third kappa shape index (κ3) is 2.04. The maximum Gasteiger partial charge on any atom is 0.337 e. The molecular formula is C13H10N2O2. The predicted molar refractivity (Wildman–Crippen MR) is 62.3 cm³/mol. The van der Waals surface area contributed by atoms with Crippen LogP contribution in [0.25, 0.3) is 11.1 Å². The van der Waals surface area contributed by atoms with Crippen LogP contribution in [0.3, 0.4) is 0 Å². The number of rotatable bonds is 2. The number of hydrogen-bond donors (Lipinski definition) is 1. The highest BCUT2D eigenvalue weighted by atomic mass is 16.5. The van der Waals surface area contributed by atoms with E-state index in [4.69, 9.17) is 5.26 Å². The fourth-order valence-corrected chi connectivity index (χ4v) is 1.60. The van der Waals surface area contributed by atoms with Gasteiger partial charge in [0.2, 0.25) is 0 Å². The average molecular weight is 226 g/mol. The summed E-state index contributed by atoms with van der Waals surface area (Å²) < 4.78 is 4.61. The van der Waals surface area contributed by atoms with Crippen molar-refractivity contribution in [2.24, 2.45) is 0 Å². The van der Waals surface area contributed by atoms with Crippen LogP contribution in [0.4, 0.5) is 0 Å². The Balaban J connectivity index is 2.37. The first-order valence-electron chi connectivity index (χ1n) is 5.02. The van der Waals surface area contributed by atoms with Crippen LogP contribution >= 0.6 is 0 Å². The number of nitrogens with one attached hydrogen (secondary N) is 1. The van der Waals surface area contributed by atoms with Gasteiger partial charge in [-0.05, 0) is 17.7 Å². The largest absolute Gasteiger partial charge is 0.465 e. The summed E-state index contributed by atoms with van der Waals surface area (Å²) in [5.74, 6) is -0.369. The highest BCUT2D eigenvalue weighted by Gasteiger charge is 2.08. The third-order valence-electron chi connectivity index (χ3n) is 2.48. The van der Waals surface area contributed by atoms with Gasteiger partial charge in [0.15, 0.2) is 0 Å². The summed E-state index contributed by atoms with van der Waals surface area (Å²) in [6.07, 6.45) is 3.40. The molecule has 0 amide bonds. The van der Waals surface area contributed by atoms with Crippen molar-refractivity contribution >= 4 is 5.97 Å². The van der Waals surface area contributed by atoms with Crippen LogP contribution in [0, 0.1) is 11.3 Å². The van der Waals surface area contributed by atoms with E-state index < -0.39 is 0 Å². The molecule has 0 radical (unpaired) electrons. The number of ether oxygens (including phenoxy) is 1. The molecule has 2 aromatic rings. The van der Waals surface area contributed by atoms with E-state index in [2.05, 4.69) is 15.8 Å². The lowest BCUT2D eigenvalue weighted by molar-refractivity contribution is 0.0601. The second kappa shape index (κ2) is 4.54. The zero-order valence-electron chi connectivity index (χ0n) is 9.23. The van der Waals surface area contributed by atoms with Crippen molar-refractivity contribution in [1.29, 1.82) is 5.26 Å². The Kier molecular flexibility index (Phi) is 2.93. The van der Waals surface area contributed by atoms with Crippen LogP contribution in [-0.2, 0) is 4.74 Å². The van der Waals surface area contributed by atoms with Crippen LogP contribution in [0.1, 0.15) is 15.9 Å². The van der Waals surface area contributed by atoms with Crippen molar-refractivity contribution in [1.82, 2.24) is 4.98 Å². The Morgan fingerprint density at radius 3 is 2.59 bits per heavy atom. The van der Waals surface area contributed by atoms with Crippen LogP contribution in [-0.4, -0.2) is 18.1 Å². The summed E-state index contributed by atoms with van der Waals surface area (Å²) in [4.78, 5) is 14.1. The molecule has 0 spiro atoms. The first-order valence-corrected chi connectivity index (χ1v) is 5.02. The van der Waals surface area contributed by atoms with Crippen LogP contribution in [0.15, 0.2) is 36.7 Å². The fourth-order valence-electron chi connectivity index (χ4n) is 1.60. The van der Waals surface area contributed by atoms with E-state index in [1.165, 1.54) is 7.11 Å². The standard InChI is InChI=1S/C13H10N2O2/c1-17-13(16)10-4-2-9(3-5-10)12-8-15-7-11(12)6-14/h2-5,7-8,15H,1H3. The SMILES string of the molecule is COC(=O)c1ccc(-c2c[nH]cc2C#N)cc1. The van der Waals surface area contributed by atoms with E-state index in [1.54, 1.807) is 36.7 Å². The highest BCUT2D eigenvalue weighted by molar-refractivity contribution is 5.90. The number of nitriles is 1. The number of hydrogen-bond acceptors (Lipinski definition) is 3. The summed E-state index contributed by atoms with van der Waals surface area (Å²) in [5, 5.41) is 8.91. The van der Waals surface area contributed by atoms with Gasteiger partial charge in [-0.15, -0.1) is 0 Å². The summed E-state index contributed by atoms with van der Waals surface area (Å²) in [5.41, 5.74) is 2.78. The highest BCUT2D eigenvalue weighted by Crippen LogP contribution is 2.23. The molecule has 17 heavy (non-hydrogen) atoms. The number of aromatic nitrogens is 1. The number of aromatic amines is 1. The quantitative estimate of drug-likeness (QED) is 0.799. The molecule has 0 atom stereocenters. The molecule has 0 fully saturated rings. The molecule has 0 aliphatic heterocycles. The zero-order chi connectivity index (χ0) is 12.3. The Bertz CT molecular complexity index is 576. The maximum atomic E-state index is 11.3. The minimum atomic E-state index is -0.369. The lowest BCUT2D eigenvalue weighted by Crippen LogP contribution is -2.00. The lowest BCUT2D eigenvalue weighted by Gasteiger charge is -2.01. The van der Waals surface area contributed by atoms with Gasteiger partial charge in [0, 0.05) is 18.0 Å². The van der Waals surface area contributed by atoms with Gasteiger partial charge in [-0.1, -0.05) is 12.1 Å². The van der Waals surface area contributed by atoms with Gasteiger partial charge in [-0.3, -0.25) is 0 Å². The molecule has 0 aliphatic rings. The van der Waals surface area contributed by atoms with Gasteiger partial charge in [-0.2, -0.15) is 5.26 Å². The first kappa shape index (κ1) is 11.0. The van der Waals surface area contributed by atoms with Crippen molar-refractivity contribution < 1.29 is 9.53 Å². The smallest absolute Gasteiger partial charge is 0.337 e. The molecule has 0 aliphatic carbocycles.